The summed E-state index contributed by atoms with van der Waals surface area (Å²) in [7, 11) is -4.94. The Morgan fingerprint density at radius 1 is 0.833 bits per heavy atom. The molecule has 7 nitrogen and oxygen atoms in total. The van der Waals surface area contributed by atoms with E-state index in [0.717, 1.165) is 27.8 Å². The lowest BCUT2D eigenvalue weighted by Gasteiger charge is -2.17. The molecule has 0 saturated carbocycles. The third kappa shape index (κ3) is 6.15. The van der Waals surface area contributed by atoms with Crippen LogP contribution in [0.15, 0.2) is 83.3 Å². The number of phenolic OH excluding ortho intramolecular Hbond substituents is 1. The van der Waals surface area contributed by atoms with E-state index in [1.54, 1.807) is 18.2 Å². The number of aromatic hydroxyl groups is 1. The van der Waals surface area contributed by atoms with Gasteiger partial charge in [0.2, 0.25) is 11.0 Å². The Labute approximate surface area is 174 Å². The SMILES string of the molecule is Cc1ccc([NH+]=c2cc(-c3ccccc3)oc3ccc(O)cc23)cc1.[O-][Cl+3]([O-])([O-])[O-]. The lowest BCUT2D eigenvalue weighted by molar-refractivity contribution is -2.00. The van der Waals surface area contributed by atoms with Crippen LogP contribution in [0, 0.1) is 17.2 Å². The maximum absolute atomic E-state index is 9.87. The Kier molecular flexibility index (Phi) is 6.51. The number of phenols is 1. The summed E-state index contributed by atoms with van der Waals surface area (Å²) >= 11 is 0. The second kappa shape index (κ2) is 9.08. The first-order valence-corrected chi connectivity index (χ1v) is 10.0. The summed E-state index contributed by atoms with van der Waals surface area (Å²) in [6.07, 6.45) is 0. The van der Waals surface area contributed by atoms with E-state index in [9.17, 15) is 5.11 Å². The zero-order valence-corrected chi connectivity index (χ0v) is 16.6. The first-order valence-electron chi connectivity index (χ1n) is 8.80. The molecule has 0 aliphatic carbocycles. The summed E-state index contributed by atoms with van der Waals surface area (Å²) in [5.74, 6) is 0.982. The van der Waals surface area contributed by atoms with Gasteiger partial charge >= 0.3 is 0 Å². The van der Waals surface area contributed by atoms with Crippen molar-refractivity contribution in [2.45, 2.75) is 6.92 Å². The molecule has 0 radical (unpaired) electrons. The lowest BCUT2D eigenvalue weighted by atomic mass is 10.1. The van der Waals surface area contributed by atoms with Crippen LogP contribution in [0.2, 0.25) is 0 Å². The minimum Gasteiger partial charge on any atom is -0.508 e. The molecule has 154 valence electrons. The maximum atomic E-state index is 9.87. The Morgan fingerprint density at radius 2 is 1.47 bits per heavy atom. The van der Waals surface area contributed by atoms with Gasteiger partial charge in [-0.05, 0) is 25.1 Å². The highest BCUT2D eigenvalue weighted by Gasteiger charge is 2.10. The topological polar surface area (TPSA) is 140 Å². The number of fused-ring (bicyclic) bond motifs is 1. The van der Waals surface area contributed by atoms with Crippen LogP contribution in [-0.2, 0) is 0 Å². The standard InChI is InChI=1S/C22H17NO2.ClHO4/c1-15-7-9-17(10-8-15)23-20-14-22(16-5-3-2-4-6-16)25-21-12-11-18(24)13-19(20)21;2-1(3,4)5/h2-14,24H,1H3;(H,2,3,4,5). The minimum absolute atomic E-state index is 0.210. The Morgan fingerprint density at radius 3 is 2.10 bits per heavy atom. The smallest absolute Gasteiger partial charge is 0.218 e. The van der Waals surface area contributed by atoms with E-state index >= 15 is 0 Å². The van der Waals surface area contributed by atoms with Crippen LogP contribution >= 0.6 is 0 Å². The molecule has 8 heteroatoms. The summed E-state index contributed by atoms with van der Waals surface area (Å²) in [4.78, 5) is 3.44. The second-order valence-electron chi connectivity index (χ2n) is 6.44. The first-order chi connectivity index (χ1) is 14.2. The van der Waals surface area contributed by atoms with Crippen LogP contribution in [0.4, 0.5) is 5.69 Å². The van der Waals surface area contributed by atoms with E-state index < -0.39 is 10.2 Å². The van der Waals surface area contributed by atoms with E-state index in [0.29, 0.717) is 5.58 Å². The van der Waals surface area contributed by atoms with Gasteiger partial charge < -0.3 is 9.52 Å². The largest absolute Gasteiger partial charge is 0.508 e. The van der Waals surface area contributed by atoms with Crippen molar-refractivity contribution in [3.8, 4) is 17.1 Å². The van der Waals surface area contributed by atoms with Crippen LogP contribution in [0.25, 0.3) is 22.3 Å². The van der Waals surface area contributed by atoms with Crippen LogP contribution in [0.3, 0.4) is 0 Å². The fourth-order valence-electron chi connectivity index (χ4n) is 2.81. The summed E-state index contributed by atoms with van der Waals surface area (Å²) < 4.78 is 40.0. The highest BCUT2D eigenvalue weighted by molar-refractivity contribution is 5.79. The van der Waals surface area contributed by atoms with Gasteiger partial charge in [0.15, 0.2) is 0 Å². The molecule has 4 rings (SSSR count). The molecule has 0 amide bonds. The quantitative estimate of drug-likeness (QED) is 0.406. The van der Waals surface area contributed by atoms with Gasteiger partial charge in [-0.3, -0.25) is 0 Å². The highest BCUT2D eigenvalue weighted by atomic mass is 35.7. The van der Waals surface area contributed by atoms with Gasteiger partial charge in [0.05, 0.1) is 11.5 Å². The average Bonchev–Trinajstić information content (AvgIpc) is 2.69. The predicted octanol–water partition coefficient (Wildman–Crippen LogP) is -1.33. The number of nitrogens with one attached hydrogen (secondary N) is 1. The predicted molar refractivity (Wildman–Crippen MR) is 98.3 cm³/mol. The summed E-state index contributed by atoms with van der Waals surface area (Å²) in [6.45, 7) is 2.06. The molecule has 4 aromatic rings. The van der Waals surface area contributed by atoms with Gasteiger partial charge in [0, 0.05) is 17.7 Å². The molecule has 0 atom stereocenters. The van der Waals surface area contributed by atoms with Gasteiger partial charge in [-0.25, -0.2) is 23.6 Å². The van der Waals surface area contributed by atoms with Gasteiger partial charge in [0.1, 0.15) is 17.1 Å². The van der Waals surface area contributed by atoms with E-state index in [1.807, 2.05) is 48.5 Å². The molecule has 2 N–H and O–H groups in total. The molecular weight excluding hydrogens is 410 g/mol. The van der Waals surface area contributed by atoms with Crippen molar-refractivity contribution in [3.63, 3.8) is 0 Å². The van der Waals surface area contributed by atoms with Crippen molar-refractivity contribution in [1.82, 2.24) is 0 Å². The zero-order chi connectivity index (χ0) is 21.7. The Hall–Kier alpha value is -3.20. The van der Waals surface area contributed by atoms with Crippen LogP contribution < -0.4 is 29.0 Å². The third-order valence-corrected chi connectivity index (χ3v) is 4.14. The van der Waals surface area contributed by atoms with Gasteiger partial charge in [-0.15, -0.1) is 10.2 Å². The average molecular weight is 428 g/mol. The number of aryl methyl sites for hydroxylation is 1. The van der Waals surface area contributed by atoms with Crippen molar-refractivity contribution in [1.29, 1.82) is 0 Å². The zero-order valence-electron chi connectivity index (χ0n) is 15.9. The maximum Gasteiger partial charge on any atom is 0.218 e. The lowest BCUT2D eigenvalue weighted by Crippen LogP contribution is -2.70. The minimum atomic E-state index is -4.94. The van der Waals surface area contributed by atoms with E-state index in [1.165, 1.54) is 5.56 Å². The molecule has 0 aliphatic heterocycles. The van der Waals surface area contributed by atoms with Gasteiger partial charge in [-0.1, -0.05) is 48.0 Å². The summed E-state index contributed by atoms with van der Waals surface area (Å²) in [5, 5.41) is 11.6. The molecule has 30 heavy (non-hydrogen) atoms. The molecular formula is C22H18ClNO6. The normalized spacial score (nSPS) is 11.8. The Balaban J connectivity index is 0.000000461. The van der Waals surface area contributed by atoms with Crippen molar-refractivity contribution < 1.29 is 43.4 Å². The van der Waals surface area contributed by atoms with E-state index in [4.69, 9.17) is 23.1 Å². The van der Waals surface area contributed by atoms with Crippen LogP contribution in [-0.4, -0.2) is 5.11 Å². The third-order valence-electron chi connectivity index (χ3n) is 4.14. The summed E-state index contributed by atoms with van der Waals surface area (Å²) in [6, 6.07) is 25.3. The number of hydrogen-bond acceptors (Lipinski definition) is 6. The molecule has 3 aromatic carbocycles. The molecule has 0 fully saturated rings. The van der Waals surface area contributed by atoms with Gasteiger partial charge in [-0.2, -0.15) is 0 Å². The molecule has 1 heterocycles. The van der Waals surface area contributed by atoms with Crippen LogP contribution in [0.1, 0.15) is 5.56 Å². The van der Waals surface area contributed by atoms with Crippen molar-refractivity contribution >= 4 is 16.7 Å². The molecule has 0 aliphatic rings. The Bertz CT molecular complexity index is 1190. The first kappa shape index (κ1) is 21.5. The van der Waals surface area contributed by atoms with Gasteiger partial charge in [0.25, 0.3) is 0 Å². The second-order valence-corrected chi connectivity index (χ2v) is 7.20. The molecule has 0 bridgehead atoms. The van der Waals surface area contributed by atoms with E-state index in [-0.39, 0.29) is 5.75 Å². The van der Waals surface area contributed by atoms with E-state index in [2.05, 4.69) is 24.0 Å². The summed E-state index contributed by atoms with van der Waals surface area (Å²) in [5.41, 5.74) is 3.92. The molecule has 0 saturated heterocycles. The fourth-order valence-corrected chi connectivity index (χ4v) is 2.81. The molecule has 1 aromatic heterocycles. The number of hydrogen-bond donors (Lipinski definition) is 2. The van der Waals surface area contributed by atoms with Crippen molar-refractivity contribution in [2.24, 2.45) is 0 Å². The molecule has 0 spiro atoms. The number of rotatable bonds is 2. The molecule has 0 unspecified atom stereocenters. The monoisotopic (exact) mass is 427 g/mol. The highest BCUT2D eigenvalue weighted by Crippen LogP contribution is 2.23. The number of benzene rings is 3. The fraction of sp³-hybridized carbons (Fsp3) is 0.0455. The van der Waals surface area contributed by atoms with Crippen molar-refractivity contribution in [2.75, 3.05) is 0 Å². The number of halogens is 1. The van der Waals surface area contributed by atoms with Crippen molar-refractivity contribution in [3.05, 3.63) is 89.8 Å². The van der Waals surface area contributed by atoms with Crippen LogP contribution in [0.5, 0.6) is 5.75 Å².